The lowest BCUT2D eigenvalue weighted by atomic mass is 9.68. The number of hydrogen-bond acceptors (Lipinski definition) is 7. The van der Waals surface area contributed by atoms with E-state index in [0.717, 1.165) is 0 Å². The maximum absolute atomic E-state index is 13.5. The van der Waals surface area contributed by atoms with Crippen molar-refractivity contribution in [3.8, 4) is 0 Å². The Morgan fingerprint density at radius 1 is 0.788 bits per heavy atom. The summed E-state index contributed by atoms with van der Waals surface area (Å²) in [6, 6.07) is 18.0. The van der Waals surface area contributed by atoms with Crippen molar-refractivity contribution < 1.29 is 33.3 Å². The minimum atomic E-state index is -2.26. The van der Waals surface area contributed by atoms with Crippen molar-refractivity contribution in [3.05, 3.63) is 83.9 Å². The Hall–Kier alpha value is -3.45. The molecule has 0 aromatic heterocycles. The molecule has 0 N–H and O–H groups in total. The molecule has 0 bridgehead atoms. The average molecular weight is 453 g/mol. The van der Waals surface area contributed by atoms with Crippen LogP contribution in [0.5, 0.6) is 0 Å². The van der Waals surface area contributed by atoms with Crippen LogP contribution in [0.1, 0.15) is 31.9 Å². The van der Waals surface area contributed by atoms with E-state index in [0.29, 0.717) is 11.1 Å². The fourth-order valence-electron chi connectivity index (χ4n) is 4.25. The third kappa shape index (κ3) is 3.82. The highest BCUT2D eigenvalue weighted by atomic mass is 16.6. The topological polar surface area (TPSA) is 88.1 Å². The van der Waals surface area contributed by atoms with Gasteiger partial charge in [0.25, 0.3) is 0 Å². The quantitative estimate of drug-likeness (QED) is 0.262. The fourth-order valence-corrected chi connectivity index (χ4v) is 4.25. The second kappa shape index (κ2) is 10.0. The minimum Gasteiger partial charge on any atom is -0.465 e. The Morgan fingerprint density at radius 2 is 1.21 bits per heavy atom. The van der Waals surface area contributed by atoms with E-state index < -0.39 is 35.0 Å². The van der Waals surface area contributed by atoms with Crippen molar-refractivity contribution in [2.45, 2.75) is 32.5 Å². The van der Waals surface area contributed by atoms with Crippen LogP contribution in [-0.4, -0.2) is 43.8 Å². The molecule has 0 radical (unpaired) electrons. The Bertz CT molecular complexity index is 956. The molecule has 1 aliphatic rings. The van der Waals surface area contributed by atoms with Crippen LogP contribution in [0.15, 0.2) is 72.8 Å². The van der Waals surface area contributed by atoms with Gasteiger partial charge in [0.1, 0.15) is 5.60 Å². The molecule has 0 amide bonds. The maximum Gasteiger partial charge on any atom is 0.337 e. The zero-order valence-electron chi connectivity index (χ0n) is 19.0. The first-order chi connectivity index (χ1) is 15.9. The third-order valence-electron chi connectivity index (χ3n) is 5.65. The standard InChI is InChI=1S/C26H28O7/c1-5-30-22(27)21-25(23(28)31-6-2,24(29)32-7-3)18(4)26(33-21,19-14-10-8-11-15-19)20-16-12-9-13-17-20/h8-17,21H,4-7H2,1-3H3. The summed E-state index contributed by atoms with van der Waals surface area (Å²) in [5.41, 5.74) is -2.57. The highest BCUT2D eigenvalue weighted by Gasteiger charge is 2.72. The van der Waals surface area contributed by atoms with Crippen molar-refractivity contribution >= 4 is 17.9 Å². The Kier molecular flexibility index (Phi) is 7.33. The third-order valence-corrected chi connectivity index (χ3v) is 5.65. The van der Waals surface area contributed by atoms with Gasteiger partial charge < -0.3 is 18.9 Å². The summed E-state index contributed by atoms with van der Waals surface area (Å²) in [6.45, 7) is 9.00. The molecule has 2 aromatic rings. The molecule has 174 valence electrons. The van der Waals surface area contributed by atoms with Gasteiger partial charge in [0.05, 0.1) is 19.8 Å². The summed E-state index contributed by atoms with van der Waals surface area (Å²) in [5, 5.41) is 0. The monoisotopic (exact) mass is 452 g/mol. The van der Waals surface area contributed by atoms with Gasteiger partial charge in [-0.25, -0.2) is 4.79 Å². The molecule has 2 aromatic carbocycles. The van der Waals surface area contributed by atoms with E-state index in [1.807, 2.05) is 12.1 Å². The highest BCUT2D eigenvalue weighted by molar-refractivity contribution is 6.09. The second-order valence-electron chi connectivity index (χ2n) is 7.39. The lowest BCUT2D eigenvalue weighted by Gasteiger charge is -2.33. The van der Waals surface area contributed by atoms with E-state index in [4.69, 9.17) is 18.9 Å². The normalized spacial score (nSPS) is 18.4. The van der Waals surface area contributed by atoms with E-state index in [9.17, 15) is 14.4 Å². The number of hydrogen-bond donors (Lipinski definition) is 0. The molecule has 1 saturated heterocycles. The van der Waals surface area contributed by atoms with Crippen molar-refractivity contribution in [2.75, 3.05) is 19.8 Å². The van der Waals surface area contributed by atoms with Crippen LogP contribution in [0, 0.1) is 5.41 Å². The first-order valence-corrected chi connectivity index (χ1v) is 10.9. The summed E-state index contributed by atoms with van der Waals surface area (Å²) in [6.07, 6.45) is -1.66. The summed E-state index contributed by atoms with van der Waals surface area (Å²) >= 11 is 0. The van der Waals surface area contributed by atoms with Crippen LogP contribution >= 0.6 is 0 Å². The molecular weight excluding hydrogens is 424 g/mol. The second-order valence-corrected chi connectivity index (χ2v) is 7.39. The molecule has 1 fully saturated rings. The summed E-state index contributed by atoms with van der Waals surface area (Å²) < 4.78 is 22.3. The number of ether oxygens (including phenoxy) is 4. The molecular formula is C26H28O7. The van der Waals surface area contributed by atoms with Crippen LogP contribution in [0.2, 0.25) is 0 Å². The molecule has 1 atom stereocenters. The average Bonchev–Trinajstić information content (AvgIpc) is 3.12. The van der Waals surface area contributed by atoms with Gasteiger partial charge in [-0.2, -0.15) is 0 Å². The van der Waals surface area contributed by atoms with Crippen LogP contribution in [-0.2, 0) is 38.9 Å². The first-order valence-electron chi connectivity index (χ1n) is 10.9. The van der Waals surface area contributed by atoms with Gasteiger partial charge in [-0.05, 0) is 37.5 Å². The van der Waals surface area contributed by atoms with Crippen molar-refractivity contribution in [1.82, 2.24) is 0 Å². The fraction of sp³-hybridized carbons (Fsp3) is 0.346. The van der Waals surface area contributed by atoms with Crippen molar-refractivity contribution in [2.24, 2.45) is 5.41 Å². The number of benzene rings is 2. The smallest absolute Gasteiger partial charge is 0.337 e. The summed E-state index contributed by atoms with van der Waals surface area (Å²) in [4.78, 5) is 40.2. The maximum atomic E-state index is 13.5. The molecule has 1 aliphatic heterocycles. The molecule has 0 aliphatic carbocycles. The molecule has 7 nitrogen and oxygen atoms in total. The van der Waals surface area contributed by atoms with Gasteiger partial charge in [0, 0.05) is 0 Å². The van der Waals surface area contributed by atoms with E-state index in [-0.39, 0.29) is 25.4 Å². The largest absolute Gasteiger partial charge is 0.465 e. The van der Waals surface area contributed by atoms with E-state index in [2.05, 4.69) is 6.58 Å². The SMILES string of the molecule is C=C1C(c2ccccc2)(c2ccccc2)OC(C(=O)OCC)C1(C(=O)OCC)C(=O)OCC. The van der Waals surface area contributed by atoms with Crippen LogP contribution in [0.25, 0.3) is 0 Å². The van der Waals surface area contributed by atoms with Gasteiger partial charge in [-0.1, -0.05) is 67.2 Å². The zero-order valence-corrected chi connectivity index (χ0v) is 19.0. The zero-order chi connectivity index (χ0) is 24.1. The number of carbonyl (C=O) groups excluding carboxylic acids is 3. The van der Waals surface area contributed by atoms with Crippen LogP contribution in [0.3, 0.4) is 0 Å². The van der Waals surface area contributed by atoms with E-state index in [1.54, 1.807) is 69.3 Å². The summed E-state index contributed by atoms with van der Waals surface area (Å²) in [5.74, 6) is -2.83. The Morgan fingerprint density at radius 3 is 1.61 bits per heavy atom. The summed E-state index contributed by atoms with van der Waals surface area (Å²) in [7, 11) is 0. The molecule has 33 heavy (non-hydrogen) atoms. The van der Waals surface area contributed by atoms with Gasteiger partial charge in [-0.3, -0.25) is 9.59 Å². The van der Waals surface area contributed by atoms with Gasteiger partial charge >= 0.3 is 17.9 Å². The molecule has 0 saturated carbocycles. The van der Waals surface area contributed by atoms with Crippen molar-refractivity contribution in [1.29, 1.82) is 0 Å². The lowest BCUT2D eigenvalue weighted by Crippen LogP contribution is -2.52. The highest BCUT2D eigenvalue weighted by Crippen LogP contribution is 2.58. The molecule has 1 heterocycles. The molecule has 3 rings (SSSR count). The van der Waals surface area contributed by atoms with E-state index >= 15 is 0 Å². The Labute approximate surface area is 193 Å². The molecule has 1 unspecified atom stereocenters. The van der Waals surface area contributed by atoms with Gasteiger partial charge in [0.15, 0.2) is 6.10 Å². The van der Waals surface area contributed by atoms with Crippen LogP contribution < -0.4 is 0 Å². The number of carbonyl (C=O) groups is 3. The minimum absolute atomic E-state index is 0.0213. The van der Waals surface area contributed by atoms with E-state index in [1.165, 1.54) is 0 Å². The number of esters is 3. The Balaban J connectivity index is 2.38. The first kappa shape index (κ1) is 24.2. The predicted molar refractivity (Wildman–Crippen MR) is 120 cm³/mol. The molecule has 7 heteroatoms. The van der Waals surface area contributed by atoms with Crippen molar-refractivity contribution in [3.63, 3.8) is 0 Å². The molecule has 0 spiro atoms. The predicted octanol–water partition coefficient (Wildman–Crippen LogP) is 3.56. The van der Waals surface area contributed by atoms with Gasteiger partial charge in [0.2, 0.25) is 5.41 Å². The lowest BCUT2D eigenvalue weighted by molar-refractivity contribution is -0.184. The van der Waals surface area contributed by atoms with Crippen LogP contribution in [0.4, 0.5) is 0 Å². The number of rotatable bonds is 8. The van der Waals surface area contributed by atoms with Gasteiger partial charge in [-0.15, -0.1) is 0 Å².